The molecule has 0 aliphatic rings. The number of nitrogens with two attached hydrogens (primary N) is 1. The van der Waals surface area contributed by atoms with Crippen molar-refractivity contribution in [1.82, 2.24) is 4.98 Å². The lowest BCUT2D eigenvalue weighted by Crippen LogP contribution is -2.32. The molecule has 1 aromatic heterocycles. The van der Waals surface area contributed by atoms with E-state index in [0.717, 1.165) is 0 Å². The number of nitro benzene ring substituents is 1. The highest BCUT2D eigenvalue weighted by atomic mass is 16.6. The maximum absolute atomic E-state index is 11.1. The number of non-ortho nitro benzene ring substituents is 1. The van der Waals surface area contributed by atoms with Crippen LogP contribution in [0.4, 0.5) is 5.69 Å². The first-order valence-corrected chi connectivity index (χ1v) is 6.35. The Labute approximate surface area is 119 Å². The lowest BCUT2D eigenvalue weighted by Gasteiger charge is -2.08. The minimum Gasteiger partial charge on any atom is -0.507 e. The van der Waals surface area contributed by atoms with Crippen LogP contribution in [0.1, 0.15) is 18.2 Å². The number of aromatic nitrogens is 1. The number of hydrogen-bond acceptors (Lipinski definition) is 5. The van der Waals surface area contributed by atoms with Gasteiger partial charge in [-0.2, -0.15) is 0 Å². The second kappa shape index (κ2) is 5.41. The van der Waals surface area contributed by atoms with Crippen LogP contribution in [0.3, 0.4) is 0 Å². The van der Waals surface area contributed by atoms with E-state index in [1.54, 1.807) is 0 Å². The van der Waals surface area contributed by atoms with E-state index >= 15 is 0 Å². The van der Waals surface area contributed by atoms with Gasteiger partial charge < -0.3 is 20.9 Å². The Morgan fingerprint density at radius 1 is 1.52 bits per heavy atom. The van der Waals surface area contributed by atoms with Crippen LogP contribution < -0.4 is 5.73 Å². The number of H-pyrrole nitrogens is 1. The van der Waals surface area contributed by atoms with Crippen molar-refractivity contribution in [1.29, 1.82) is 0 Å². The summed E-state index contributed by atoms with van der Waals surface area (Å²) in [7, 11) is 0. The van der Waals surface area contributed by atoms with Crippen LogP contribution in [0.15, 0.2) is 12.1 Å². The zero-order chi connectivity index (χ0) is 15.7. The molecule has 21 heavy (non-hydrogen) atoms. The molecular formula is C13H15N3O5. The third kappa shape index (κ3) is 2.52. The van der Waals surface area contributed by atoms with Crippen LogP contribution in [0.5, 0.6) is 5.75 Å². The molecule has 2 rings (SSSR count). The van der Waals surface area contributed by atoms with Crippen molar-refractivity contribution in [3.8, 4) is 5.75 Å². The fraction of sp³-hybridized carbons (Fsp3) is 0.308. The summed E-state index contributed by atoms with van der Waals surface area (Å²) >= 11 is 0. The quantitative estimate of drug-likeness (QED) is 0.483. The average molecular weight is 293 g/mol. The van der Waals surface area contributed by atoms with Crippen LogP contribution in [-0.2, 0) is 17.6 Å². The number of nitrogens with one attached hydrogen (secondary N) is 1. The van der Waals surface area contributed by atoms with Crippen molar-refractivity contribution >= 4 is 22.6 Å². The number of aromatic amines is 1. The van der Waals surface area contributed by atoms with E-state index in [1.165, 1.54) is 12.1 Å². The Morgan fingerprint density at radius 3 is 2.71 bits per heavy atom. The molecule has 1 unspecified atom stereocenters. The van der Waals surface area contributed by atoms with Gasteiger partial charge in [0.15, 0.2) is 0 Å². The maximum Gasteiger partial charge on any atom is 0.320 e. The number of hydrogen-bond donors (Lipinski definition) is 4. The molecular weight excluding hydrogens is 278 g/mol. The van der Waals surface area contributed by atoms with Crippen molar-refractivity contribution < 1.29 is 19.9 Å². The van der Waals surface area contributed by atoms with Gasteiger partial charge in [-0.15, -0.1) is 0 Å². The normalized spacial score (nSPS) is 12.5. The highest BCUT2D eigenvalue weighted by Gasteiger charge is 2.24. The van der Waals surface area contributed by atoms with Crippen LogP contribution >= 0.6 is 0 Å². The van der Waals surface area contributed by atoms with Crippen LogP contribution in [0, 0.1) is 10.1 Å². The lowest BCUT2D eigenvalue weighted by atomic mass is 10.0. The molecule has 5 N–H and O–H groups in total. The summed E-state index contributed by atoms with van der Waals surface area (Å²) in [5.74, 6) is -1.31. The predicted molar refractivity (Wildman–Crippen MR) is 75.3 cm³/mol. The number of nitrogens with zero attached hydrogens (tertiary/aromatic N) is 1. The van der Waals surface area contributed by atoms with Crippen molar-refractivity contribution in [3.63, 3.8) is 0 Å². The van der Waals surface area contributed by atoms with Gasteiger partial charge in [0.1, 0.15) is 17.3 Å². The minimum atomic E-state index is -1.17. The van der Waals surface area contributed by atoms with Crippen molar-refractivity contribution in [2.45, 2.75) is 25.8 Å². The highest BCUT2D eigenvalue weighted by molar-refractivity contribution is 5.96. The Morgan fingerprint density at radius 2 is 2.19 bits per heavy atom. The van der Waals surface area contributed by atoms with Gasteiger partial charge in [0.25, 0.3) is 5.69 Å². The number of aliphatic carboxylic acids is 1. The molecule has 1 aromatic carbocycles. The van der Waals surface area contributed by atoms with E-state index < -0.39 is 16.9 Å². The summed E-state index contributed by atoms with van der Waals surface area (Å²) in [5.41, 5.74) is 6.69. The van der Waals surface area contributed by atoms with Gasteiger partial charge in [0.2, 0.25) is 0 Å². The third-order valence-electron chi connectivity index (χ3n) is 3.39. The Bertz CT molecular complexity index is 722. The number of fused-ring (bicyclic) bond motifs is 1. The van der Waals surface area contributed by atoms with Crippen molar-refractivity contribution in [2.24, 2.45) is 5.73 Å². The van der Waals surface area contributed by atoms with Crippen molar-refractivity contribution in [3.05, 3.63) is 33.5 Å². The monoisotopic (exact) mass is 293 g/mol. The van der Waals surface area contributed by atoms with Gasteiger partial charge in [-0.1, -0.05) is 6.92 Å². The molecule has 0 bridgehead atoms. The lowest BCUT2D eigenvalue weighted by molar-refractivity contribution is -0.383. The van der Waals surface area contributed by atoms with E-state index in [1.807, 2.05) is 6.92 Å². The molecule has 0 spiro atoms. The summed E-state index contributed by atoms with van der Waals surface area (Å²) in [6.07, 6.45) is 0.486. The Hall–Kier alpha value is -2.61. The van der Waals surface area contributed by atoms with E-state index in [2.05, 4.69) is 4.98 Å². The fourth-order valence-electron chi connectivity index (χ4n) is 2.38. The number of benzene rings is 1. The summed E-state index contributed by atoms with van der Waals surface area (Å²) in [6, 6.07) is 1.28. The molecule has 0 fully saturated rings. The molecule has 0 saturated heterocycles. The standard InChI is InChI=1S/C13H15N3O5/c1-2-8-6(5-7(14)13(18)19)11-10(17)4-3-9(16(20)21)12(11)15-8/h3-4,7,15,17H,2,5,14H2,1H3,(H,18,19). The van der Waals surface area contributed by atoms with E-state index in [-0.39, 0.29) is 28.8 Å². The van der Waals surface area contributed by atoms with Gasteiger partial charge in [0, 0.05) is 18.2 Å². The summed E-state index contributed by atoms with van der Waals surface area (Å²) < 4.78 is 0. The molecule has 8 nitrogen and oxygen atoms in total. The molecule has 8 heteroatoms. The van der Waals surface area contributed by atoms with E-state index in [4.69, 9.17) is 10.8 Å². The van der Waals surface area contributed by atoms with E-state index in [9.17, 15) is 20.0 Å². The van der Waals surface area contributed by atoms with Gasteiger partial charge in [0.05, 0.1) is 10.3 Å². The second-order valence-electron chi connectivity index (χ2n) is 4.70. The van der Waals surface area contributed by atoms with Gasteiger partial charge in [-0.05, 0) is 18.1 Å². The zero-order valence-electron chi connectivity index (χ0n) is 11.3. The molecule has 0 saturated carbocycles. The number of phenols is 1. The number of aryl methyl sites for hydroxylation is 1. The topological polar surface area (TPSA) is 142 Å². The van der Waals surface area contributed by atoms with Gasteiger partial charge >= 0.3 is 5.97 Å². The number of aromatic hydroxyl groups is 1. The summed E-state index contributed by atoms with van der Waals surface area (Å²) in [6.45, 7) is 1.82. The maximum atomic E-state index is 11.1. The smallest absolute Gasteiger partial charge is 0.320 e. The van der Waals surface area contributed by atoms with Gasteiger partial charge in [-0.3, -0.25) is 14.9 Å². The first-order chi connectivity index (χ1) is 9.86. The number of carboxylic acid groups (broad SMARTS) is 1. The molecule has 1 heterocycles. The molecule has 0 amide bonds. The molecule has 1 atom stereocenters. The van der Waals surface area contributed by atoms with Crippen LogP contribution in [0.2, 0.25) is 0 Å². The molecule has 0 radical (unpaired) electrons. The SMILES string of the molecule is CCc1[nH]c2c([N+](=O)[O-])ccc(O)c2c1CC(N)C(=O)O. The number of carbonyl (C=O) groups is 1. The Balaban J connectivity index is 2.71. The van der Waals surface area contributed by atoms with Crippen molar-refractivity contribution in [2.75, 3.05) is 0 Å². The summed E-state index contributed by atoms with van der Waals surface area (Å²) in [4.78, 5) is 24.3. The minimum absolute atomic E-state index is 0.0206. The van der Waals surface area contributed by atoms with Gasteiger partial charge in [-0.25, -0.2) is 0 Å². The molecule has 112 valence electrons. The summed E-state index contributed by atoms with van der Waals surface area (Å²) in [5, 5.41) is 30.2. The fourth-order valence-corrected chi connectivity index (χ4v) is 2.38. The predicted octanol–water partition coefficient (Wildman–Crippen LogP) is 1.30. The largest absolute Gasteiger partial charge is 0.507 e. The highest BCUT2D eigenvalue weighted by Crippen LogP contribution is 2.36. The number of phenolic OH excluding ortho intramolecular Hbond substituents is 1. The molecule has 0 aliphatic carbocycles. The van der Waals surface area contributed by atoms with Crippen LogP contribution in [0.25, 0.3) is 10.9 Å². The van der Waals surface area contributed by atoms with Crippen LogP contribution in [-0.4, -0.2) is 32.1 Å². The first kappa shape index (κ1) is 14.8. The average Bonchev–Trinajstić information content (AvgIpc) is 2.78. The molecule has 0 aliphatic heterocycles. The molecule has 2 aromatic rings. The number of rotatable bonds is 5. The zero-order valence-corrected chi connectivity index (χ0v) is 11.3. The number of carboxylic acids is 1. The Kier molecular flexibility index (Phi) is 3.81. The second-order valence-corrected chi connectivity index (χ2v) is 4.70. The van der Waals surface area contributed by atoms with E-state index in [0.29, 0.717) is 17.7 Å². The first-order valence-electron chi connectivity index (χ1n) is 6.35. The third-order valence-corrected chi connectivity index (χ3v) is 3.39. The number of nitro groups is 1.